The lowest BCUT2D eigenvalue weighted by molar-refractivity contribution is -0.124. The van der Waals surface area contributed by atoms with Gasteiger partial charge in [-0.05, 0) is 18.6 Å². The Balaban J connectivity index is 1.89. The number of aromatic amines is 1. The number of aromatic nitrogens is 3. The number of nitrogens with one attached hydrogen (secondary N) is 2. The van der Waals surface area contributed by atoms with Gasteiger partial charge >= 0.3 is 0 Å². The predicted octanol–water partition coefficient (Wildman–Crippen LogP) is 1.03. The zero-order valence-electron chi connectivity index (χ0n) is 9.02. The van der Waals surface area contributed by atoms with Gasteiger partial charge in [0.15, 0.2) is 0 Å². The van der Waals surface area contributed by atoms with Crippen LogP contribution in [0.15, 0.2) is 5.16 Å². The zero-order chi connectivity index (χ0) is 11.4. The third-order valence-corrected chi connectivity index (χ3v) is 2.93. The molecule has 1 amide bonds. The molecule has 0 bridgehead atoms. The Morgan fingerprint density at radius 3 is 3.31 bits per heavy atom. The van der Waals surface area contributed by atoms with E-state index < -0.39 is 0 Å². The van der Waals surface area contributed by atoms with E-state index in [4.69, 9.17) is 4.74 Å². The van der Waals surface area contributed by atoms with Crippen LogP contribution in [0.5, 0.6) is 0 Å². The molecule has 1 aromatic heterocycles. The van der Waals surface area contributed by atoms with Crippen LogP contribution in [0.3, 0.4) is 0 Å². The first-order valence-electron chi connectivity index (χ1n) is 5.27. The highest BCUT2D eigenvalue weighted by molar-refractivity contribution is 7.99. The first kappa shape index (κ1) is 11.4. The fraction of sp³-hybridized carbons (Fsp3) is 0.667. The molecule has 1 saturated heterocycles. The minimum absolute atomic E-state index is 0.151. The van der Waals surface area contributed by atoms with Crippen molar-refractivity contribution in [1.82, 2.24) is 15.2 Å². The standard InChI is InChI=1S/C9H14N4O2S/c1-2-16-9-11-8(12-13-9)10-7(14)6-4-3-5-15-6/h6H,2-5H2,1H3,(H2,10,11,12,13,14). The van der Waals surface area contributed by atoms with E-state index in [1.165, 1.54) is 11.8 Å². The van der Waals surface area contributed by atoms with E-state index in [1.54, 1.807) is 0 Å². The van der Waals surface area contributed by atoms with Gasteiger partial charge in [0.2, 0.25) is 11.1 Å². The molecule has 2 rings (SSSR count). The van der Waals surface area contributed by atoms with Crippen LogP contribution >= 0.6 is 11.8 Å². The Kier molecular flexibility index (Phi) is 3.79. The topological polar surface area (TPSA) is 79.9 Å². The molecule has 7 heteroatoms. The maximum atomic E-state index is 11.7. The van der Waals surface area contributed by atoms with Crippen LogP contribution in [-0.2, 0) is 9.53 Å². The Morgan fingerprint density at radius 2 is 2.62 bits per heavy atom. The summed E-state index contributed by atoms with van der Waals surface area (Å²) in [6, 6.07) is 0. The van der Waals surface area contributed by atoms with Crippen molar-refractivity contribution < 1.29 is 9.53 Å². The number of hydrogen-bond acceptors (Lipinski definition) is 5. The van der Waals surface area contributed by atoms with Crippen molar-refractivity contribution in [2.45, 2.75) is 31.0 Å². The average molecular weight is 242 g/mol. The van der Waals surface area contributed by atoms with Crippen LogP contribution in [0.4, 0.5) is 5.95 Å². The largest absolute Gasteiger partial charge is 0.368 e. The van der Waals surface area contributed by atoms with Crippen LogP contribution in [-0.4, -0.2) is 39.6 Å². The average Bonchev–Trinajstić information content (AvgIpc) is 2.89. The van der Waals surface area contributed by atoms with Crippen molar-refractivity contribution in [1.29, 1.82) is 0 Å². The lowest BCUT2D eigenvalue weighted by Gasteiger charge is -2.07. The summed E-state index contributed by atoms with van der Waals surface area (Å²) in [5.74, 6) is 1.13. The van der Waals surface area contributed by atoms with Crippen LogP contribution in [0.2, 0.25) is 0 Å². The van der Waals surface area contributed by atoms with E-state index in [2.05, 4.69) is 20.5 Å². The van der Waals surface area contributed by atoms with Crippen LogP contribution < -0.4 is 5.32 Å². The number of carbonyl (C=O) groups is 1. The third kappa shape index (κ3) is 2.73. The maximum absolute atomic E-state index is 11.7. The molecule has 88 valence electrons. The minimum atomic E-state index is -0.340. The second-order valence-electron chi connectivity index (χ2n) is 3.39. The number of anilines is 1. The molecule has 0 aliphatic carbocycles. The van der Waals surface area contributed by atoms with E-state index in [0.717, 1.165) is 18.6 Å². The number of rotatable bonds is 4. The summed E-state index contributed by atoms with van der Waals surface area (Å²) in [6.45, 7) is 2.68. The Bertz CT molecular complexity index is 362. The summed E-state index contributed by atoms with van der Waals surface area (Å²) >= 11 is 1.52. The molecular formula is C9H14N4O2S. The summed E-state index contributed by atoms with van der Waals surface area (Å²) in [4.78, 5) is 15.8. The highest BCUT2D eigenvalue weighted by atomic mass is 32.2. The van der Waals surface area contributed by atoms with E-state index in [0.29, 0.717) is 17.7 Å². The van der Waals surface area contributed by atoms with Gasteiger partial charge in [0.25, 0.3) is 5.91 Å². The number of amides is 1. The second-order valence-corrected chi connectivity index (χ2v) is 4.62. The molecule has 1 aliphatic heterocycles. The summed E-state index contributed by atoms with van der Waals surface area (Å²) in [7, 11) is 0. The van der Waals surface area contributed by atoms with E-state index >= 15 is 0 Å². The number of carbonyl (C=O) groups excluding carboxylic acids is 1. The fourth-order valence-corrected chi connectivity index (χ4v) is 2.00. The summed E-state index contributed by atoms with van der Waals surface area (Å²) in [6.07, 6.45) is 1.37. The molecule has 0 aromatic carbocycles. The van der Waals surface area contributed by atoms with Crippen LogP contribution in [0, 0.1) is 0 Å². The van der Waals surface area contributed by atoms with Crippen molar-refractivity contribution in [3.63, 3.8) is 0 Å². The lowest BCUT2D eigenvalue weighted by atomic mass is 10.2. The molecule has 2 heterocycles. The fourth-order valence-electron chi connectivity index (χ4n) is 1.48. The zero-order valence-corrected chi connectivity index (χ0v) is 9.84. The molecule has 1 unspecified atom stereocenters. The van der Waals surface area contributed by atoms with Crippen LogP contribution in [0.25, 0.3) is 0 Å². The first-order valence-corrected chi connectivity index (χ1v) is 6.26. The van der Waals surface area contributed by atoms with Crippen molar-refractivity contribution >= 4 is 23.6 Å². The third-order valence-electron chi connectivity index (χ3n) is 2.20. The number of ether oxygens (including phenoxy) is 1. The normalized spacial score (nSPS) is 19.9. The van der Waals surface area contributed by atoms with Gasteiger partial charge in [-0.25, -0.2) is 5.10 Å². The van der Waals surface area contributed by atoms with Crippen molar-refractivity contribution in [2.75, 3.05) is 17.7 Å². The number of nitrogens with zero attached hydrogens (tertiary/aromatic N) is 2. The molecule has 1 aliphatic rings. The quantitative estimate of drug-likeness (QED) is 0.771. The van der Waals surface area contributed by atoms with E-state index in [9.17, 15) is 4.79 Å². The molecule has 2 N–H and O–H groups in total. The highest BCUT2D eigenvalue weighted by Gasteiger charge is 2.24. The second kappa shape index (κ2) is 5.31. The molecule has 1 aromatic rings. The first-order chi connectivity index (χ1) is 7.79. The van der Waals surface area contributed by atoms with Gasteiger partial charge in [0.1, 0.15) is 6.10 Å². The van der Waals surface area contributed by atoms with Gasteiger partial charge in [-0.15, -0.1) is 5.10 Å². The van der Waals surface area contributed by atoms with E-state index in [-0.39, 0.29) is 12.0 Å². The van der Waals surface area contributed by atoms with Gasteiger partial charge < -0.3 is 4.74 Å². The van der Waals surface area contributed by atoms with Crippen molar-refractivity contribution in [3.8, 4) is 0 Å². The SMILES string of the molecule is CCSc1n[nH]c(NC(=O)C2CCCO2)n1. The van der Waals surface area contributed by atoms with Crippen molar-refractivity contribution in [2.24, 2.45) is 0 Å². The molecule has 6 nitrogen and oxygen atoms in total. The maximum Gasteiger partial charge on any atom is 0.255 e. The smallest absolute Gasteiger partial charge is 0.255 e. The molecule has 0 spiro atoms. The van der Waals surface area contributed by atoms with E-state index in [1.807, 2.05) is 6.92 Å². The molecule has 0 saturated carbocycles. The molecule has 1 atom stereocenters. The highest BCUT2D eigenvalue weighted by Crippen LogP contribution is 2.15. The Hall–Kier alpha value is -1.08. The van der Waals surface area contributed by atoms with Gasteiger partial charge in [0, 0.05) is 6.61 Å². The number of H-pyrrole nitrogens is 1. The van der Waals surface area contributed by atoms with Crippen molar-refractivity contribution in [3.05, 3.63) is 0 Å². The van der Waals surface area contributed by atoms with Crippen LogP contribution in [0.1, 0.15) is 19.8 Å². The van der Waals surface area contributed by atoms with Gasteiger partial charge in [-0.3, -0.25) is 10.1 Å². The lowest BCUT2D eigenvalue weighted by Crippen LogP contribution is -2.27. The minimum Gasteiger partial charge on any atom is -0.368 e. The number of hydrogen-bond donors (Lipinski definition) is 2. The van der Waals surface area contributed by atoms with Gasteiger partial charge in [-0.2, -0.15) is 4.98 Å². The Morgan fingerprint density at radius 1 is 1.75 bits per heavy atom. The molecule has 0 radical (unpaired) electrons. The summed E-state index contributed by atoms with van der Waals surface area (Å²) < 4.78 is 5.26. The van der Waals surface area contributed by atoms with Gasteiger partial charge in [-0.1, -0.05) is 18.7 Å². The number of thioether (sulfide) groups is 1. The molecular weight excluding hydrogens is 228 g/mol. The molecule has 1 fully saturated rings. The predicted molar refractivity (Wildman–Crippen MR) is 60.4 cm³/mol. The van der Waals surface area contributed by atoms with Gasteiger partial charge in [0.05, 0.1) is 0 Å². The molecule has 16 heavy (non-hydrogen) atoms. The summed E-state index contributed by atoms with van der Waals surface area (Å²) in [5.41, 5.74) is 0. The summed E-state index contributed by atoms with van der Waals surface area (Å²) in [5, 5.41) is 9.93. The monoisotopic (exact) mass is 242 g/mol. The Labute approximate surface area is 97.5 Å².